The second-order valence-electron chi connectivity index (χ2n) is 6.91. The molecule has 30 heavy (non-hydrogen) atoms. The summed E-state index contributed by atoms with van der Waals surface area (Å²) in [6.07, 6.45) is 0.311. The summed E-state index contributed by atoms with van der Waals surface area (Å²) in [5.74, 6) is -2.05. The van der Waals surface area contributed by atoms with Crippen molar-refractivity contribution >= 4 is 6.29 Å². The fourth-order valence-corrected chi connectivity index (χ4v) is 3.52. The summed E-state index contributed by atoms with van der Waals surface area (Å²) in [5.41, 5.74) is 0.203. The van der Waals surface area contributed by atoms with Crippen LogP contribution in [0.1, 0.15) is 38.4 Å². The van der Waals surface area contributed by atoms with Crippen LogP contribution >= 0.6 is 0 Å². The van der Waals surface area contributed by atoms with E-state index in [9.17, 15) is 22.8 Å². The van der Waals surface area contributed by atoms with E-state index in [0.717, 1.165) is 12.1 Å². The van der Waals surface area contributed by atoms with Gasteiger partial charge in [-0.05, 0) is 37.6 Å². The number of ether oxygens (including phenoxy) is 1. The van der Waals surface area contributed by atoms with Crippen LogP contribution in [0.4, 0.5) is 13.2 Å². The maximum atomic E-state index is 14.6. The van der Waals surface area contributed by atoms with Crippen molar-refractivity contribution in [3.8, 4) is 5.75 Å². The first-order valence-corrected chi connectivity index (χ1v) is 9.22. The average Bonchev–Trinajstić information content (AvgIpc) is 2.72. The van der Waals surface area contributed by atoms with Crippen LogP contribution < -0.4 is 10.2 Å². The van der Waals surface area contributed by atoms with Crippen molar-refractivity contribution in [2.45, 2.75) is 26.8 Å². The largest absolute Gasteiger partial charge is 0.494 e. The van der Waals surface area contributed by atoms with Crippen molar-refractivity contribution in [1.82, 2.24) is 4.57 Å². The second-order valence-corrected chi connectivity index (χ2v) is 6.91. The zero-order valence-corrected chi connectivity index (χ0v) is 16.8. The van der Waals surface area contributed by atoms with E-state index in [1.54, 1.807) is 13.0 Å². The Morgan fingerprint density at radius 2 is 1.60 bits per heavy atom. The van der Waals surface area contributed by atoms with Crippen LogP contribution in [0.3, 0.4) is 0 Å². The molecule has 0 amide bonds. The zero-order chi connectivity index (χ0) is 22.0. The molecular weight excluding hydrogens is 395 g/mol. The van der Waals surface area contributed by atoms with E-state index >= 15 is 0 Å². The molecule has 7 heteroatoms. The molecule has 0 aliphatic rings. The van der Waals surface area contributed by atoms with Crippen LogP contribution in [0.5, 0.6) is 5.75 Å². The molecule has 4 nitrogen and oxygen atoms in total. The minimum Gasteiger partial charge on any atom is -0.494 e. The number of methoxy groups -OCH3 is 1. The van der Waals surface area contributed by atoms with E-state index < -0.39 is 22.9 Å². The molecule has 0 saturated heterocycles. The molecule has 3 rings (SSSR count). The summed E-state index contributed by atoms with van der Waals surface area (Å²) in [6.45, 7) is 2.92. The third-order valence-electron chi connectivity index (χ3n) is 5.28. The Bertz CT molecular complexity index is 1170. The smallest absolute Gasteiger partial charge is 0.196 e. The Kier molecular flexibility index (Phi) is 6.10. The van der Waals surface area contributed by atoms with Gasteiger partial charge in [0.05, 0.1) is 19.2 Å². The summed E-state index contributed by atoms with van der Waals surface area (Å²) in [4.78, 5) is 24.5. The molecule has 0 aliphatic heterocycles. The summed E-state index contributed by atoms with van der Waals surface area (Å²) in [5, 5.41) is 0. The Hall–Kier alpha value is -3.35. The van der Waals surface area contributed by atoms with E-state index in [-0.39, 0.29) is 46.7 Å². The molecule has 1 heterocycles. The molecule has 0 N–H and O–H groups in total. The number of benzene rings is 2. The quantitative estimate of drug-likeness (QED) is 0.563. The fraction of sp³-hybridized carbons (Fsp3) is 0.217. The van der Waals surface area contributed by atoms with Gasteiger partial charge in [-0.25, -0.2) is 13.2 Å². The van der Waals surface area contributed by atoms with E-state index in [0.29, 0.717) is 12.0 Å². The van der Waals surface area contributed by atoms with Gasteiger partial charge in [-0.2, -0.15) is 0 Å². The fourth-order valence-electron chi connectivity index (χ4n) is 3.52. The first kappa shape index (κ1) is 21.4. The maximum Gasteiger partial charge on any atom is 0.196 e. The van der Waals surface area contributed by atoms with Gasteiger partial charge in [-0.1, -0.05) is 18.2 Å². The van der Waals surface area contributed by atoms with Gasteiger partial charge in [0.15, 0.2) is 23.3 Å². The number of hydrogen-bond acceptors (Lipinski definition) is 3. The lowest BCUT2D eigenvalue weighted by atomic mass is 9.98. The first-order chi connectivity index (χ1) is 14.3. The first-order valence-electron chi connectivity index (χ1n) is 9.22. The molecule has 0 spiro atoms. The van der Waals surface area contributed by atoms with Gasteiger partial charge >= 0.3 is 0 Å². The van der Waals surface area contributed by atoms with Crippen LogP contribution in [-0.2, 0) is 13.0 Å². The third-order valence-corrected chi connectivity index (χ3v) is 5.28. The topological polar surface area (TPSA) is 48.3 Å². The van der Waals surface area contributed by atoms with Crippen molar-refractivity contribution in [3.05, 3.63) is 97.7 Å². The number of halogens is 3. The van der Waals surface area contributed by atoms with E-state index in [4.69, 9.17) is 4.74 Å². The van der Waals surface area contributed by atoms with E-state index in [2.05, 4.69) is 0 Å². The van der Waals surface area contributed by atoms with Crippen molar-refractivity contribution in [3.63, 3.8) is 0 Å². The van der Waals surface area contributed by atoms with E-state index in [1.165, 1.54) is 36.8 Å². The molecule has 0 aliphatic carbocycles. The summed E-state index contributed by atoms with van der Waals surface area (Å²) in [6, 6.07) is 8.09. The highest BCUT2D eigenvalue weighted by molar-refractivity contribution is 5.77. The molecular formula is C23H20F3NO3. The van der Waals surface area contributed by atoms with Crippen molar-refractivity contribution in [2.24, 2.45) is 0 Å². The van der Waals surface area contributed by atoms with Gasteiger partial charge in [-0.3, -0.25) is 9.59 Å². The molecule has 0 saturated carbocycles. The minimum absolute atomic E-state index is 0.0293. The third kappa shape index (κ3) is 3.75. The molecule has 0 radical (unpaired) electrons. The number of aldehydes is 1. The lowest BCUT2D eigenvalue weighted by Crippen LogP contribution is -2.26. The van der Waals surface area contributed by atoms with Crippen LogP contribution in [-0.4, -0.2) is 18.0 Å². The SMILES string of the molecule is COc1cccc(Cc2c(C)n(Cc3c(F)cccc3F)c(C)c(C=O)c2=O)c1F. The van der Waals surface area contributed by atoms with Gasteiger partial charge in [0.25, 0.3) is 0 Å². The van der Waals surface area contributed by atoms with Crippen molar-refractivity contribution < 1.29 is 22.7 Å². The standard InChI is InChI=1S/C23H20F3NO3/c1-13-16(10-15-6-4-9-21(30-3)22(15)26)23(29)18(12-28)14(2)27(13)11-17-19(24)7-5-8-20(17)25/h4-9,12H,10-11H2,1-3H3. The lowest BCUT2D eigenvalue weighted by molar-refractivity contribution is 0.112. The van der Waals surface area contributed by atoms with Crippen LogP contribution in [0.25, 0.3) is 0 Å². The van der Waals surface area contributed by atoms with Gasteiger partial charge in [0, 0.05) is 28.9 Å². The minimum atomic E-state index is -0.736. The van der Waals surface area contributed by atoms with Crippen LogP contribution in [0.2, 0.25) is 0 Å². The van der Waals surface area contributed by atoms with Gasteiger partial charge in [-0.15, -0.1) is 0 Å². The summed E-state index contributed by atoms with van der Waals surface area (Å²) in [7, 11) is 1.33. The number of aromatic nitrogens is 1. The number of carbonyl (C=O) groups excluding carboxylic acids is 1. The molecule has 0 atom stereocenters. The number of pyridine rings is 1. The summed E-state index contributed by atoms with van der Waals surface area (Å²) >= 11 is 0. The molecule has 1 aromatic heterocycles. The Labute approximate surface area is 171 Å². The Morgan fingerprint density at radius 3 is 2.20 bits per heavy atom. The van der Waals surface area contributed by atoms with Gasteiger partial charge in [0.2, 0.25) is 0 Å². The number of nitrogens with zero attached hydrogens (tertiary/aromatic N) is 1. The van der Waals surface area contributed by atoms with Gasteiger partial charge in [0.1, 0.15) is 11.6 Å². The van der Waals surface area contributed by atoms with E-state index in [1.807, 2.05) is 0 Å². The van der Waals surface area contributed by atoms with Crippen molar-refractivity contribution in [1.29, 1.82) is 0 Å². The molecule has 2 aromatic carbocycles. The lowest BCUT2D eigenvalue weighted by Gasteiger charge is -2.20. The predicted octanol–water partition coefficient (Wildman–Crippen LogP) is 4.34. The average molecular weight is 415 g/mol. The highest BCUT2D eigenvalue weighted by atomic mass is 19.1. The maximum absolute atomic E-state index is 14.6. The van der Waals surface area contributed by atoms with Crippen LogP contribution in [0, 0.1) is 31.3 Å². The summed E-state index contributed by atoms with van der Waals surface area (Å²) < 4.78 is 49.5. The monoisotopic (exact) mass is 415 g/mol. The molecule has 0 unspecified atom stereocenters. The zero-order valence-electron chi connectivity index (χ0n) is 16.8. The number of carbonyl (C=O) groups is 1. The molecule has 156 valence electrons. The van der Waals surface area contributed by atoms with Crippen molar-refractivity contribution in [2.75, 3.05) is 7.11 Å². The van der Waals surface area contributed by atoms with Gasteiger partial charge < -0.3 is 9.30 Å². The number of rotatable bonds is 6. The molecule has 3 aromatic rings. The normalized spacial score (nSPS) is 10.9. The number of hydrogen-bond donors (Lipinski definition) is 0. The van der Waals surface area contributed by atoms with Crippen LogP contribution in [0.15, 0.2) is 41.2 Å². The molecule has 0 fully saturated rings. The Morgan fingerprint density at radius 1 is 0.967 bits per heavy atom. The Balaban J connectivity index is 2.19. The second kappa shape index (κ2) is 8.57. The molecule has 0 bridgehead atoms. The highest BCUT2D eigenvalue weighted by Crippen LogP contribution is 2.24. The highest BCUT2D eigenvalue weighted by Gasteiger charge is 2.21. The predicted molar refractivity (Wildman–Crippen MR) is 107 cm³/mol.